The maximum absolute atomic E-state index is 4.32. The molecule has 1 saturated heterocycles. The smallest absolute Gasteiger partial charge is 0.109 e. The first-order valence-electron chi connectivity index (χ1n) is 5.67. The number of aryl methyl sites for hydroxylation is 1. The molecule has 88 valence electrons. The van der Waals surface area contributed by atoms with Crippen LogP contribution in [0.15, 0.2) is 16.9 Å². The SMILES string of the molecule is Cc1cc(NC2CCCSC2C)cnc1Br. The van der Waals surface area contributed by atoms with Crippen LogP contribution < -0.4 is 5.32 Å². The second-order valence-electron chi connectivity index (χ2n) is 4.30. The molecule has 0 saturated carbocycles. The van der Waals surface area contributed by atoms with Crippen LogP contribution in [0.5, 0.6) is 0 Å². The Balaban J connectivity index is 2.05. The predicted octanol–water partition coefficient (Wildman–Crippen LogP) is 3.85. The highest BCUT2D eigenvalue weighted by molar-refractivity contribution is 9.10. The first kappa shape index (κ1) is 12.2. The third kappa shape index (κ3) is 2.92. The molecule has 2 rings (SSSR count). The van der Waals surface area contributed by atoms with Crippen LogP contribution in [0.25, 0.3) is 0 Å². The topological polar surface area (TPSA) is 24.9 Å². The molecular formula is C12H17BrN2S. The van der Waals surface area contributed by atoms with Gasteiger partial charge in [0.2, 0.25) is 0 Å². The summed E-state index contributed by atoms with van der Waals surface area (Å²) in [5.41, 5.74) is 2.32. The molecule has 2 unspecified atom stereocenters. The second-order valence-corrected chi connectivity index (χ2v) is 6.54. The molecule has 1 aromatic heterocycles. The van der Waals surface area contributed by atoms with E-state index < -0.39 is 0 Å². The van der Waals surface area contributed by atoms with Crippen molar-refractivity contribution in [1.82, 2.24) is 4.98 Å². The molecule has 2 heterocycles. The average molecular weight is 301 g/mol. The highest BCUT2D eigenvalue weighted by Gasteiger charge is 2.21. The summed E-state index contributed by atoms with van der Waals surface area (Å²) in [7, 11) is 0. The normalized spacial score (nSPS) is 25.4. The molecule has 2 atom stereocenters. The zero-order valence-corrected chi connectivity index (χ0v) is 12.1. The van der Waals surface area contributed by atoms with Gasteiger partial charge in [0.1, 0.15) is 4.60 Å². The van der Waals surface area contributed by atoms with Gasteiger partial charge in [0.05, 0.1) is 11.9 Å². The maximum atomic E-state index is 4.32. The van der Waals surface area contributed by atoms with Gasteiger partial charge in [-0.2, -0.15) is 11.8 Å². The third-order valence-corrected chi connectivity index (χ3v) is 5.18. The Morgan fingerprint density at radius 1 is 1.56 bits per heavy atom. The van der Waals surface area contributed by atoms with Crippen LogP contribution in [-0.4, -0.2) is 22.0 Å². The number of nitrogens with one attached hydrogen (secondary N) is 1. The first-order chi connectivity index (χ1) is 7.66. The molecule has 16 heavy (non-hydrogen) atoms. The van der Waals surface area contributed by atoms with Gasteiger partial charge in [-0.1, -0.05) is 6.92 Å². The molecule has 4 heteroatoms. The Bertz CT molecular complexity index is 370. The number of hydrogen-bond acceptors (Lipinski definition) is 3. The second kappa shape index (κ2) is 5.41. The fourth-order valence-electron chi connectivity index (χ4n) is 1.96. The monoisotopic (exact) mass is 300 g/mol. The van der Waals surface area contributed by atoms with E-state index >= 15 is 0 Å². The van der Waals surface area contributed by atoms with Crippen LogP contribution in [0, 0.1) is 6.92 Å². The van der Waals surface area contributed by atoms with E-state index in [1.54, 1.807) is 0 Å². The van der Waals surface area contributed by atoms with E-state index in [2.05, 4.69) is 57.9 Å². The number of nitrogens with zero attached hydrogens (tertiary/aromatic N) is 1. The molecule has 1 N–H and O–H groups in total. The van der Waals surface area contributed by atoms with Crippen molar-refractivity contribution in [2.24, 2.45) is 0 Å². The highest BCUT2D eigenvalue weighted by Crippen LogP contribution is 2.28. The summed E-state index contributed by atoms with van der Waals surface area (Å²) in [6.45, 7) is 4.38. The molecule has 1 aliphatic rings. The number of hydrogen-bond donors (Lipinski definition) is 1. The Labute approximate surface area is 110 Å². The summed E-state index contributed by atoms with van der Waals surface area (Å²) in [5, 5.41) is 4.29. The van der Waals surface area contributed by atoms with Gasteiger partial charge in [0, 0.05) is 11.3 Å². The Morgan fingerprint density at radius 2 is 2.38 bits per heavy atom. The van der Waals surface area contributed by atoms with Crippen molar-refractivity contribution in [3.8, 4) is 0 Å². The minimum atomic E-state index is 0.584. The van der Waals surface area contributed by atoms with E-state index in [9.17, 15) is 0 Å². The van der Waals surface area contributed by atoms with E-state index in [1.165, 1.54) is 24.2 Å². The van der Waals surface area contributed by atoms with Gasteiger partial charge in [-0.25, -0.2) is 4.98 Å². The number of rotatable bonds is 2. The third-order valence-electron chi connectivity index (χ3n) is 2.97. The molecule has 0 radical (unpaired) electrons. The number of halogens is 1. The Hall–Kier alpha value is -0.220. The zero-order valence-electron chi connectivity index (χ0n) is 9.66. The van der Waals surface area contributed by atoms with E-state index in [-0.39, 0.29) is 0 Å². The van der Waals surface area contributed by atoms with Gasteiger partial charge in [-0.15, -0.1) is 0 Å². The molecule has 2 nitrogen and oxygen atoms in total. The lowest BCUT2D eigenvalue weighted by Gasteiger charge is -2.29. The first-order valence-corrected chi connectivity index (χ1v) is 7.51. The fourth-order valence-corrected chi connectivity index (χ4v) is 3.32. The molecular weight excluding hydrogens is 284 g/mol. The van der Waals surface area contributed by atoms with E-state index in [0.29, 0.717) is 11.3 Å². The molecule has 0 amide bonds. The van der Waals surface area contributed by atoms with E-state index in [0.717, 1.165) is 10.3 Å². The minimum Gasteiger partial charge on any atom is -0.380 e. The van der Waals surface area contributed by atoms with E-state index in [1.807, 2.05) is 6.20 Å². The zero-order chi connectivity index (χ0) is 11.5. The molecule has 0 spiro atoms. The largest absolute Gasteiger partial charge is 0.380 e. The lowest BCUT2D eigenvalue weighted by molar-refractivity contribution is 0.617. The summed E-state index contributed by atoms with van der Waals surface area (Å²) in [4.78, 5) is 4.32. The molecule has 0 bridgehead atoms. The van der Waals surface area contributed by atoms with Crippen molar-refractivity contribution in [3.05, 3.63) is 22.4 Å². The van der Waals surface area contributed by atoms with Gasteiger partial charge in [-0.05, 0) is 53.1 Å². The summed E-state index contributed by atoms with van der Waals surface area (Å²) < 4.78 is 0.934. The van der Waals surface area contributed by atoms with Crippen LogP contribution in [-0.2, 0) is 0 Å². The lowest BCUT2D eigenvalue weighted by atomic mass is 10.1. The lowest BCUT2D eigenvalue weighted by Crippen LogP contribution is -2.32. The molecule has 1 aromatic rings. The van der Waals surface area contributed by atoms with Crippen LogP contribution in [0.2, 0.25) is 0 Å². The quantitative estimate of drug-likeness (QED) is 0.840. The predicted molar refractivity (Wildman–Crippen MR) is 75.2 cm³/mol. The van der Waals surface area contributed by atoms with Crippen molar-refractivity contribution in [1.29, 1.82) is 0 Å². The van der Waals surface area contributed by atoms with Gasteiger partial charge in [-0.3, -0.25) is 0 Å². The number of aromatic nitrogens is 1. The highest BCUT2D eigenvalue weighted by atomic mass is 79.9. The summed E-state index contributed by atoms with van der Waals surface area (Å²) >= 11 is 5.48. The standard InChI is InChI=1S/C12H17BrN2S/c1-8-6-10(7-14-12(8)13)15-11-4-3-5-16-9(11)2/h6-7,9,11,15H,3-5H2,1-2H3. The number of pyridine rings is 1. The van der Waals surface area contributed by atoms with Crippen molar-refractivity contribution in [2.45, 2.75) is 38.0 Å². The van der Waals surface area contributed by atoms with Crippen LogP contribution in [0.3, 0.4) is 0 Å². The Kier molecular flexibility index (Phi) is 4.14. The molecule has 0 aliphatic carbocycles. The summed E-state index contributed by atoms with van der Waals surface area (Å²) in [6.07, 6.45) is 4.49. The molecule has 1 aliphatic heterocycles. The van der Waals surface area contributed by atoms with Crippen molar-refractivity contribution in [3.63, 3.8) is 0 Å². The van der Waals surface area contributed by atoms with Gasteiger partial charge in [0.15, 0.2) is 0 Å². The van der Waals surface area contributed by atoms with Gasteiger partial charge in [0.25, 0.3) is 0 Å². The summed E-state index contributed by atoms with van der Waals surface area (Å²) in [5.74, 6) is 1.30. The summed E-state index contributed by atoms with van der Waals surface area (Å²) in [6, 6.07) is 2.74. The van der Waals surface area contributed by atoms with Crippen molar-refractivity contribution in [2.75, 3.05) is 11.1 Å². The van der Waals surface area contributed by atoms with Crippen LogP contribution in [0.4, 0.5) is 5.69 Å². The molecule has 1 fully saturated rings. The number of thioether (sulfide) groups is 1. The Morgan fingerprint density at radius 3 is 3.06 bits per heavy atom. The van der Waals surface area contributed by atoms with Crippen molar-refractivity contribution >= 4 is 33.4 Å². The van der Waals surface area contributed by atoms with Crippen molar-refractivity contribution < 1.29 is 0 Å². The fraction of sp³-hybridized carbons (Fsp3) is 0.583. The maximum Gasteiger partial charge on any atom is 0.109 e. The number of anilines is 1. The van der Waals surface area contributed by atoms with Crippen LogP contribution in [0.1, 0.15) is 25.3 Å². The van der Waals surface area contributed by atoms with E-state index in [4.69, 9.17) is 0 Å². The average Bonchev–Trinajstić information content (AvgIpc) is 2.27. The van der Waals surface area contributed by atoms with Gasteiger partial charge < -0.3 is 5.32 Å². The van der Waals surface area contributed by atoms with Crippen LogP contribution >= 0.6 is 27.7 Å². The molecule has 0 aromatic carbocycles. The minimum absolute atomic E-state index is 0.584. The van der Waals surface area contributed by atoms with Gasteiger partial charge >= 0.3 is 0 Å².